The molecule has 1 aliphatic rings. The largest absolute Gasteiger partial charge is 0.497 e. The van der Waals surface area contributed by atoms with Gasteiger partial charge in [-0.1, -0.05) is 72.8 Å². The summed E-state index contributed by atoms with van der Waals surface area (Å²) in [5.41, 5.74) is 1.85. The maximum Gasteiger partial charge on any atom is 0.264 e. The number of carbonyl (C=O) groups is 2. The molecule has 224 valence electrons. The number of ether oxygens (including phenoxy) is 1. The first-order valence-electron chi connectivity index (χ1n) is 14.2. The number of carbonyl (C=O) groups excluding carboxylic acids is 2. The Balaban J connectivity index is 1.68. The number of methoxy groups -OCH3 is 1. The number of aryl methyl sites for hydroxylation is 1. The molecule has 4 rings (SSSR count). The molecule has 0 radical (unpaired) electrons. The molecule has 10 heteroatoms. The zero-order valence-electron chi connectivity index (χ0n) is 24.3. The number of nitrogens with one attached hydrogen (secondary N) is 1. The van der Waals surface area contributed by atoms with Crippen molar-refractivity contribution in [2.75, 3.05) is 18.0 Å². The van der Waals surface area contributed by atoms with E-state index < -0.39 is 28.5 Å². The highest BCUT2D eigenvalue weighted by molar-refractivity contribution is 7.92. The topological polar surface area (TPSA) is 96.0 Å². The summed E-state index contributed by atoms with van der Waals surface area (Å²) in [6.45, 7) is 3.09. The van der Waals surface area contributed by atoms with Crippen LogP contribution in [0.25, 0.3) is 0 Å². The van der Waals surface area contributed by atoms with E-state index in [9.17, 15) is 18.0 Å². The van der Waals surface area contributed by atoms with Gasteiger partial charge in [-0.2, -0.15) is 0 Å². The minimum Gasteiger partial charge on any atom is -0.497 e. The molecule has 0 aliphatic heterocycles. The van der Waals surface area contributed by atoms with Crippen molar-refractivity contribution in [2.24, 2.45) is 0 Å². The molecule has 8 nitrogen and oxygen atoms in total. The molecule has 0 spiro atoms. The van der Waals surface area contributed by atoms with Crippen molar-refractivity contribution in [3.8, 4) is 5.75 Å². The van der Waals surface area contributed by atoms with Gasteiger partial charge in [-0.3, -0.25) is 13.9 Å². The van der Waals surface area contributed by atoms with Crippen LogP contribution >= 0.6 is 11.6 Å². The summed E-state index contributed by atoms with van der Waals surface area (Å²) >= 11 is 6.47. The van der Waals surface area contributed by atoms with Gasteiger partial charge in [0.2, 0.25) is 11.8 Å². The maximum absolute atomic E-state index is 14.1. The molecule has 1 aliphatic carbocycles. The summed E-state index contributed by atoms with van der Waals surface area (Å²) in [6.07, 6.45) is 5.06. The summed E-state index contributed by atoms with van der Waals surface area (Å²) in [4.78, 5) is 29.0. The van der Waals surface area contributed by atoms with E-state index in [1.165, 1.54) is 17.0 Å². The zero-order valence-corrected chi connectivity index (χ0v) is 25.8. The number of anilines is 1. The van der Waals surface area contributed by atoms with Crippen LogP contribution in [0.2, 0.25) is 5.02 Å². The van der Waals surface area contributed by atoms with Crippen LogP contribution in [0.4, 0.5) is 5.69 Å². The minimum atomic E-state index is -4.19. The Morgan fingerprint density at radius 3 is 2.24 bits per heavy atom. The Kier molecular flexibility index (Phi) is 10.5. The van der Waals surface area contributed by atoms with E-state index in [4.69, 9.17) is 16.3 Å². The van der Waals surface area contributed by atoms with Crippen molar-refractivity contribution < 1.29 is 22.7 Å². The fourth-order valence-electron chi connectivity index (χ4n) is 5.08. The molecule has 1 N–H and O–H groups in total. The average Bonchev–Trinajstić information content (AvgIpc) is 2.99. The summed E-state index contributed by atoms with van der Waals surface area (Å²) in [5.74, 6) is -0.143. The van der Waals surface area contributed by atoms with Gasteiger partial charge in [-0.05, 0) is 68.7 Å². The highest BCUT2D eigenvalue weighted by Gasteiger charge is 2.34. The van der Waals surface area contributed by atoms with Crippen LogP contribution in [0, 0.1) is 6.92 Å². The fourth-order valence-corrected chi connectivity index (χ4v) is 6.80. The second kappa shape index (κ2) is 14.1. The Labute approximate surface area is 253 Å². The first kappa shape index (κ1) is 31.4. The third-order valence-corrected chi connectivity index (χ3v) is 9.73. The van der Waals surface area contributed by atoms with Crippen LogP contribution < -0.4 is 14.4 Å². The van der Waals surface area contributed by atoms with Crippen LogP contribution in [0.15, 0.2) is 77.7 Å². The number of nitrogens with zero attached hydrogens (tertiary/aromatic N) is 2. The van der Waals surface area contributed by atoms with Gasteiger partial charge in [-0.25, -0.2) is 8.42 Å². The number of amides is 2. The molecule has 0 saturated heterocycles. The van der Waals surface area contributed by atoms with Crippen molar-refractivity contribution in [3.05, 3.63) is 88.9 Å². The quantitative estimate of drug-likeness (QED) is 0.299. The number of hydrogen-bond donors (Lipinski definition) is 1. The maximum atomic E-state index is 14.1. The van der Waals surface area contributed by atoms with Gasteiger partial charge in [0.25, 0.3) is 10.0 Å². The highest BCUT2D eigenvalue weighted by atomic mass is 35.5. The first-order valence-corrected chi connectivity index (χ1v) is 16.0. The number of sulfonamides is 1. The monoisotopic (exact) mass is 611 g/mol. The molecule has 3 aromatic rings. The number of hydrogen-bond acceptors (Lipinski definition) is 5. The second-order valence-corrected chi connectivity index (χ2v) is 12.9. The molecule has 0 aromatic heterocycles. The van der Waals surface area contributed by atoms with E-state index in [1.54, 1.807) is 62.6 Å². The van der Waals surface area contributed by atoms with E-state index in [0.717, 1.165) is 47.5 Å². The minimum absolute atomic E-state index is 0.0330. The van der Waals surface area contributed by atoms with Crippen LogP contribution in [-0.4, -0.2) is 50.9 Å². The molecular formula is C32H38ClN3O5S. The molecular weight excluding hydrogens is 574 g/mol. The first-order chi connectivity index (χ1) is 20.1. The molecule has 1 saturated carbocycles. The standard InChI is InChI=1S/C32H38ClN3O5S/c1-23-13-19-28(20-14-23)42(39,40)36(30-12-8-7-11-29(30)33)22-31(37)35(21-25-15-17-27(41-3)18-16-25)24(2)32(38)34-26-9-5-4-6-10-26/h7-8,11-20,24,26H,4-6,9-10,21-22H2,1-3H3,(H,34,38). The third-order valence-electron chi connectivity index (χ3n) is 7.64. The van der Waals surface area contributed by atoms with Crippen molar-refractivity contribution in [1.82, 2.24) is 10.2 Å². The summed E-state index contributed by atoms with van der Waals surface area (Å²) in [5, 5.41) is 3.29. The molecule has 2 amide bonds. The van der Waals surface area contributed by atoms with E-state index in [1.807, 2.05) is 19.1 Å². The molecule has 0 heterocycles. The summed E-state index contributed by atoms with van der Waals surface area (Å²) in [6, 6.07) is 19.3. The fraction of sp³-hybridized carbons (Fsp3) is 0.375. The van der Waals surface area contributed by atoms with Crippen molar-refractivity contribution >= 4 is 39.1 Å². The molecule has 1 fully saturated rings. The molecule has 1 unspecified atom stereocenters. The zero-order chi connectivity index (χ0) is 30.3. The Hall–Kier alpha value is -3.56. The predicted molar refractivity (Wildman–Crippen MR) is 165 cm³/mol. The van der Waals surface area contributed by atoms with Crippen LogP contribution in [0.1, 0.15) is 50.2 Å². The van der Waals surface area contributed by atoms with Crippen LogP contribution in [-0.2, 0) is 26.2 Å². The lowest BCUT2D eigenvalue weighted by molar-refractivity contribution is -0.139. The highest BCUT2D eigenvalue weighted by Crippen LogP contribution is 2.31. The molecule has 42 heavy (non-hydrogen) atoms. The van der Waals surface area contributed by atoms with Crippen molar-refractivity contribution in [1.29, 1.82) is 0 Å². The van der Waals surface area contributed by atoms with Crippen molar-refractivity contribution in [2.45, 2.75) is 69.5 Å². The van der Waals surface area contributed by atoms with E-state index in [-0.39, 0.29) is 34.1 Å². The van der Waals surface area contributed by atoms with Crippen LogP contribution in [0.5, 0.6) is 5.75 Å². The lowest BCUT2D eigenvalue weighted by atomic mass is 9.95. The van der Waals surface area contributed by atoms with Gasteiger partial charge in [0.05, 0.1) is 22.7 Å². The van der Waals surface area contributed by atoms with Gasteiger partial charge >= 0.3 is 0 Å². The van der Waals surface area contributed by atoms with Gasteiger partial charge in [0.15, 0.2) is 0 Å². The SMILES string of the molecule is COc1ccc(CN(C(=O)CN(c2ccccc2Cl)S(=O)(=O)c2ccc(C)cc2)C(C)C(=O)NC2CCCCC2)cc1. The lowest BCUT2D eigenvalue weighted by Crippen LogP contribution is -2.53. The van der Waals surface area contributed by atoms with Crippen molar-refractivity contribution in [3.63, 3.8) is 0 Å². The summed E-state index contributed by atoms with van der Waals surface area (Å²) < 4.78 is 34.2. The van der Waals surface area contributed by atoms with Gasteiger partial charge < -0.3 is 15.0 Å². The predicted octanol–water partition coefficient (Wildman–Crippen LogP) is 5.72. The van der Waals surface area contributed by atoms with Gasteiger partial charge in [0, 0.05) is 12.6 Å². The number of benzene rings is 3. The number of halogens is 1. The van der Waals surface area contributed by atoms with Crippen LogP contribution in [0.3, 0.4) is 0 Å². The molecule has 1 atom stereocenters. The number of para-hydroxylation sites is 1. The normalized spacial score (nSPS) is 14.6. The number of rotatable bonds is 11. The second-order valence-electron chi connectivity index (χ2n) is 10.7. The Bertz CT molecular complexity index is 1470. The summed E-state index contributed by atoms with van der Waals surface area (Å²) in [7, 11) is -2.62. The third kappa shape index (κ3) is 7.63. The smallest absolute Gasteiger partial charge is 0.264 e. The molecule has 0 bridgehead atoms. The van der Waals surface area contributed by atoms with Gasteiger partial charge in [0.1, 0.15) is 18.3 Å². The average molecular weight is 612 g/mol. The lowest BCUT2D eigenvalue weighted by Gasteiger charge is -2.33. The van der Waals surface area contributed by atoms with E-state index in [2.05, 4.69) is 5.32 Å². The Morgan fingerprint density at radius 2 is 1.62 bits per heavy atom. The molecule has 3 aromatic carbocycles. The van der Waals surface area contributed by atoms with Gasteiger partial charge in [-0.15, -0.1) is 0 Å². The Morgan fingerprint density at radius 1 is 0.976 bits per heavy atom. The van der Waals surface area contributed by atoms with E-state index >= 15 is 0 Å². The van der Waals surface area contributed by atoms with E-state index in [0.29, 0.717) is 5.75 Å².